The van der Waals surface area contributed by atoms with Crippen molar-refractivity contribution in [3.8, 4) is 12.3 Å². The molecule has 0 aliphatic rings. The van der Waals surface area contributed by atoms with Crippen molar-refractivity contribution in [1.29, 1.82) is 0 Å². The molecule has 1 aromatic heterocycles. The highest BCUT2D eigenvalue weighted by molar-refractivity contribution is 7.71. The monoisotopic (exact) mass is 494 g/mol. The van der Waals surface area contributed by atoms with Gasteiger partial charge in [-0.3, -0.25) is 19.4 Å². The van der Waals surface area contributed by atoms with E-state index in [0.717, 1.165) is 5.56 Å². The molecule has 1 amide bonds. The predicted octanol–water partition coefficient (Wildman–Crippen LogP) is 2.27. The number of fused-ring (bicyclic) bond motifs is 1. The van der Waals surface area contributed by atoms with Crippen molar-refractivity contribution in [2.75, 3.05) is 11.4 Å². The van der Waals surface area contributed by atoms with Crippen LogP contribution in [0, 0.1) is 17.1 Å². The van der Waals surface area contributed by atoms with E-state index in [4.69, 9.17) is 23.7 Å². The second-order valence-electron chi connectivity index (χ2n) is 7.69. The van der Waals surface area contributed by atoms with Crippen molar-refractivity contribution in [3.63, 3.8) is 0 Å². The highest BCUT2D eigenvalue weighted by atomic mass is 32.1. The molecule has 11 heteroatoms. The highest BCUT2D eigenvalue weighted by Gasteiger charge is 2.21. The Morgan fingerprint density at radius 2 is 1.83 bits per heavy atom. The number of aliphatic carboxylic acids is 2. The van der Waals surface area contributed by atoms with Gasteiger partial charge in [-0.1, -0.05) is 12.0 Å². The van der Waals surface area contributed by atoms with Crippen molar-refractivity contribution in [2.24, 2.45) is 0 Å². The van der Waals surface area contributed by atoms with Gasteiger partial charge in [-0.15, -0.1) is 6.42 Å². The van der Waals surface area contributed by atoms with Crippen LogP contribution >= 0.6 is 12.2 Å². The topological polar surface area (TPSA) is 156 Å². The van der Waals surface area contributed by atoms with Gasteiger partial charge in [-0.05, 0) is 60.6 Å². The van der Waals surface area contributed by atoms with E-state index in [1.54, 1.807) is 24.3 Å². The Balaban J connectivity index is 1.77. The molecule has 0 aliphatic heterocycles. The van der Waals surface area contributed by atoms with E-state index in [0.29, 0.717) is 23.1 Å². The van der Waals surface area contributed by atoms with Gasteiger partial charge in [0.2, 0.25) is 0 Å². The summed E-state index contributed by atoms with van der Waals surface area (Å²) in [4.78, 5) is 54.1. The third-order valence-corrected chi connectivity index (χ3v) is 5.41. The van der Waals surface area contributed by atoms with Gasteiger partial charge >= 0.3 is 11.9 Å². The molecule has 180 valence electrons. The standard InChI is InChI=1S/C24H22N4O6S/c1-2-11-28(13-14-3-8-18-17(12-14)22(32)27-24(35)26-18)16-6-4-15(5-7-16)21(31)25-19(23(33)34)9-10-20(29)30/h1,3-8,12,19H,9-11,13H2,(H,25,31)(H,29,30)(H,33,34)(H2,26,27,32,35). The second kappa shape index (κ2) is 11.1. The number of carbonyl (C=O) groups is 3. The number of aromatic amines is 2. The minimum Gasteiger partial charge on any atom is -0.481 e. The molecule has 3 rings (SSSR count). The first-order chi connectivity index (χ1) is 16.7. The summed E-state index contributed by atoms with van der Waals surface area (Å²) in [6.45, 7) is 0.643. The van der Waals surface area contributed by atoms with Gasteiger partial charge in [0, 0.05) is 24.2 Å². The third-order valence-electron chi connectivity index (χ3n) is 5.20. The average Bonchev–Trinajstić information content (AvgIpc) is 2.81. The van der Waals surface area contributed by atoms with Crippen LogP contribution in [0.1, 0.15) is 28.8 Å². The number of carbonyl (C=O) groups excluding carboxylic acids is 1. The Bertz CT molecular complexity index is 1420. The Morgan fingerprint density at radius 1 is 1.11 bits per heavy atom. The molecule has 0 spiro atoms. The van der Waals surface area contributed by atoms with Gasteiger partial charge in [0.15, 0.2) is 4.77 Å². The number of nitrogens with one attached hydrogen (secondary N) is 3. The molecule has 0 fully saturated rings. The maximum absolute atomic E-state index is 12.5. The summed E-state index contributed by atoms with van der Waals surface area (Å²) in [5, 5.41) is 20.8. The molecular weight excluding hydrogens is 472 g/mol. The molecule has 3 aromatic rings. The number of rotatable bonds is 10. The lowest BCUT2D eigenvalue weighted by Crippen LogP contribution is -2.41. The molecule has 0 bridgehead atoms. The van der Waals surface area contributed by atoms with Gasteiger partial charge in [0.1, 0.15) is 6.04 Å². The highest BCUT2D eigenvalue weighted by Crippen LogP contribution is 2.20. The Morgan fingerprint density at radius 3 is 2.46 bits per heavy atom. The number of carboxylic acid groups (broad SMARTS) is 2. The molecule has 1 unspecified atom stereocenters. The smallest absolute Gasteiger partial charge is 0.326 e. The summed E-state index contributed by atoms with van der Waals surface area (Å²) < 4.78 is 0.241. The van der Waals surface area contributed by atoms with Gasteiger partial charge in [-0.25, -0.2) is 4.79 Å². The molecule has 5 N–H and O–H groups in total. The summed E-state index contributed by atoms with van der Waals surface area (Å²) in [6.07, 6.45) is 4.92. The lowest BCUT2D eigenvalue weighted by Gasteiger charge is -2.23. The average molecular weight is 495 g/mol. The lowest BCUT2D eigenvalue weighted by molar-refractivity contribution is -0.140. The number of aromatic nitrogens is 2. The van der Waals surface area contributed by atoms with Crippen LogP contribution in [-0.2, 0) is 16.1 Å². The Hall–Kier alpha value is -4.43. The zero-order valence-electron chi connectivity index (χ0n) is 18.4. The molecule has 0 saturated heterocycles. The number of benzene rings is 2. The Kier molecular flexibility index (Phi) is 8.01. The number of hydrogen-bond acceptors (Lipinski definition) is 6. The minimum absolute atomic E-state index is 0.212. The first-order valence-corrected chi connectivity index (χ1v) is 10.9. The number of amides is 1. The van der Waals surface area contributed by atoms with E-state index in [9.17, 15) is 24.3 Å². The first kappa shape index (κ1) is 25.2. The molecule has 0 radical (unpaired) electrons. The number of hydrogen-bond donors (Lipinski definition) is 5. The van der Waals surface area contributed by atoms with Gasteiger partial charge < -0.3 is 25.4 Å². The van der Waals surface area contributed by atoms with Gasteiger partial charge in [0.25, 0.3) is 11.5 Å². The molecule has 0 saturated carbocycles. The number of terminal acetylenes is 1. The molecule has 10 nitrogen and oxygen atoms in total. The van der Waals surface area contributed by atoms with Crippen LogP contribution in [0.3, 0.4) is 0 Å². The van der Waals surface area contributed by atoms with E-state index in [-0.39, 0.29) is 35.3 Å². The van der Waals surface area contributed by atoms with Crippen molar-refractivity contribution >= 4 is 46.7 Å². The van der Waals surface area contributed by atoms with E-state index < -0.39 is 23.9 Å². The maximum Gasteiger partial charge on any atom is 0.326 e. The normalized spacial score (nSPS) is 11.4. The second-order valence-corrected chi connectivity index (χ2v) is 8.10. The zero-order valence-corrected chi connectivity index (χ0v) is 19.2. The van der Waals surface area contributed by atoms with E-state index >= 15 is 0 Å². The number of H-pyrrole nitrogens is 2. The Labute approximate surface area is 204 Å². The SMILES string of the molecule is C#CCN(Cc1ccc2[nH]c(=S)[nH]c(=O)c2c1)c1ccc(C(=O)NC(CCC(=O)O)C(=O)O)cc1. The fourth-order valence-corrected chi connectivity index (χ4v) is 3.67. The number of anilines is 1. The van der Waals surface area contributed by atoms with Crippen LogP contribution in [0.2, 0.25) is 0 Å². The largest absolute Gasteiger partial charge is 0.481 e. The van der Waals surface area contributed by atoms with E-state index in [2.05, 4.69) is 21.2 Å². The molecule has 1 heterocycles. The third kappa shape index (κ3) is 6.55. The van der Waals surface area contributed by atoms with Crippen LogP contribution < -0.4 is 15.8 Å². The quantitative estimate of drug-likeness (QED) is 0.212. The van der Waals surface area contributed by atoms with Crippen LogP contribution in [0.15, 0.2) is 47.3 Å². The van der Waals surface area contributed by atoms with Crippen molar-refractivity contribution in [2.45, 2.75) is 25.4 Å². The van der Waals surface area contributed by atoms with Crippen molar-refractivity contribution in [3.05, 3.63) is 68.7 Å². The molecule has 35 heavy (non-hydrogen) atoms. The molecular formula is C24H22N4O6S. The zero-order chi connectivity index (χ0) is 25.5. The minimum atomic E-state index is -1.32. The summed E-state index contributed by atoms with van der Waals surface area (Å²) >= 11 is 4.99. The van der Waals surface area contributed by atoms with E-state index in [1.165, 1.54) is 12.1 Å². The van der Waals surface area contributed by atoms with Crippen molar-refractivity contribution < 1.29 is 24.6 Å². The number of nitrogens with zero attached hydrogens (tertiary/aromatic N) is 1. The van der Waals surface area contributed by atoms with Crippen LogP contribution in [-0.4, -0.2) is 50.6 Å². The van der Waals surface area contributed by atoms with Crippen LogP contribution in [0.25, 0.3) is 10.9 Å². The maximum atomic E-state index is 12.5. The molecule has 1 atom stereocenters. The predicted molar refractivity (Wildman–Crippen MR) is 132 cm³/mol. The van der Waals surface area contributed by atoms with Crippen LogP contribution in [0.4, 0.5) is 5.69 Å². The molecule has 0 aliphatic carbocycles. The van der Waals surface area contributed by atoms with Gasteiger partial charge in [0.05, 0.1) is 17.4 Å². The molecule has 2 aromatic carbocycles. The fraction of sp³-hybridized carbons (Fsp3) is 0.208. The summed E-state index contributed by atoms with van der Waals surface area (Å²) in [5.41, 5.74) is 2.07. The van der Waals surface area contributed by atoms with Crippen LogP contribution in [0.5, 0.6) is 0 Å². The summed E-state index contributed by atoms with van der Waals surface area (Å²) in [7, 11) is 0. The van der Waals surface area contributed by atoms with Gasteiger partial charge in [-0.2, -0.15) is 0 Å². The van der Waals surface area contributed by atoms with E-state index in [1.807, 2.05) is 11.0 Å². The van der Waals surface area contributed by atoms with Crippen molar-refractivity contribution in [1.82, 2.24) is 15.3 Å². The summed E-state index contributed by atoms with van der Waals surface area (Å²) in [6, 6.07) is 10.4. The fourth-order valence-electron chi connectivity index (χ4n) is 3.47. The summed E-state index contributed by atoms with van der Waals surface area (Å²) in [5.74, 6) is -0.511. The lowest BCUT2D eigenvalue weighted by atomic mass is 10.1. The first-order valence-electron chi connectivity index (χ1n) is 10.5. The number of carboxylic acids is 2.